The number of para-hydroxylation sites is 1. The molecule has 0 aliphatic heterocycles. The van der Waals surface area contributed by atoms with Crippen molar-refractivity contribution in [3.8, 4) is 17.9 Å². The molecule has 0 N–H and O–H groups in total. The molecule has 5 heteroatoms. The number of hydrogen-bond acceptors (Lipinski definition) is 4. The minimum absolute atomic E-state index is 0.118. The molecule has 0 radical (unpaired) electrons. The minimum Gasteiger partial charge on any atom is -0.493 e. The van der Waals surface area contributed by atoms with E-state index in [0.717, 1.165) is 0 Å². The summed E-state index contributed by atoms with van der Waals surface area (Å²) in [6.07, 6.45) is 0. The Labute approximate surface area is 106 Å². The van der Waals surface area contributed by atoms with Gasteiger partial charge in [0.1, 0.15) is 18.8 Å². The number of carbonyl (C=O) groups is 1. The van der Waals surface area contributed by atoms with E-state index in [0.29, 0.717) is 17.9 Å². The van der Waals surface area contributed by atoms with Gasteiger partial charge in [0.05, 0.1) is 24.3 Å². The van der Waals surface area contributed by atoms with E-state index in [4.69, 9.17) is 15.3 Å². The third-order valence-corrected chi connectivity index (χ3v) is 2.23. The first-order chi connectivity index (χ1) is 8.74. The third-order valence-electron chi connectivity index (χ3n) is 2.23. The first kappa shape index (κ1) is 13.5. The first-order valence-corrected chi connectivity index (χ1v) is 5.49. The summed E-state index contributed by atoms with van der Waals surface area (Å²) in [6.45, 7) is 2.03. The molecule has 0 heterocycles. The van der Waals surface area contributed by atoms with E-state index in [1.165, 1.54) is 4.90 Å². The topological polar surface area (TPSA) is 77.1 Å². The summed E-state index contributed by atoms with van der Waals surface area (Å²) < 4.78 is 5.35. The number of ether oxygens (including phenoxy) is 1. The lowest BCUT2D eigenvalue weighted by Crippen LogP contribution is -2.32. The number of amides is 1. The molecule has 0 spiro atoms. The predicted octanol–water partition coefficient (Wildman–Crippen LogP) is 1.57. The van der Waals surface area contributed by atoms with Crippen molar-refractivity contribution >= 4 is 5.91 Å². The van der Waals surface area contributed by atoms with Gasteiger partial charge in [0.15, 0.2) is 0 Å². The SMILES string of the molecule is CCOc1ccccc1C(=O)N(CC#N)CC#N. The minimum atomic E-state index is -0.373. The van der Waals surface area contributed by atoms with Crippen LogP contribution in [0.2, 0.25) is 0 Å². The second-order valence-electron chi connectivity index (χ2n) is 3.41. The number of carbonyl (C=O) groups excluding carboxylic acids is 1. The highest BCUT2D eigenvalue weighted by atomic mass is 16.5. The standard InChI is InChI=1S/C13H13N3O2/c1-2-18-12-6-4-3-5-11(12)13(17)16(9-7-14)10-8-15/h3-6H,2,9-10H2,1H3. The fourth-order valence-corrected chi connectivity index (χ4v) is 1.47. The van der Waals surface area contributed by atoms with Gasteiger partial charge < -0.3 is 9.64 Å². The van der Waals surface area contributed by atoms with E-state index in [-0.39, 0.29) is 19.0 Å². The molecule has 0 atom stereocenters. The van der Waals surface area contributed by atoms with Gasteiger partial charge in [-0.3, -0.25) is 4.79 Å². The molecule has 0 unspecified atom stereocenters. The molecule has 5 nitrogen and oxygen atoms in total. The normalized spacial score (nSPS) is 9.06. The quantitative estimate of drug-likeness (QED) is 0.735. The zero-order valence-corrected chi connectivity index (χ0v) is 10.1. The Morgan fingerprint density at radius 1 is 1.28 bits per heavy atom. The van der Waals surface area contributed by atoms with Gasteiger partial charge in [-0.25, -0.2) is 0 Å². The summed E-state index contributed by atoms with van der Waals surface area (Å²) in [4.78, 5) is 13.3. The van der Waals surface area contributed by atoms with Gasteiger partial charge >= 0.3 is 0 Å². The monoisotopic (exact) mass is 243 g/mol. The van der Waals surface area contributed by atoms with E-state index in [2.05, 4.69) is 0 Å². The molecule has 1 rings (SSSR count). The van der Waals surface area contributed by atoms with Crippen LogP contribution in [0.25, 0.3) is 0 Å². The van der Waals surface area contributed by atoms with Crippen molar-refractivity contribution in [2.24, 2.45) is 0 Å². The van der Waals surface area contributed by atoms with Crippen LogP contribution in [0, 0.1) is 22.7 Å². The molecule has 0 fully saturated rings. The number of nitriles is 2. The van der Waals surface area contributed by atoms with Gasteiger partial charge in [0.2, 0.25) is 0 Å². The second kappa shape index (κ2) is 6.93. The van der Waals surface area contributed by atoms with E-state index < -0.39 is 0 Å². The summed E-state index contributed by atoms with van der Waals surface area (Å²) in [5.74, 6) is 0.0908. The molecular weight excluding hydrogens is 230 g/mol. The molecule has 0 saturated carbocycles. The molecule has 1 aromatic rings. The molecule has 0 bridgehead atoms. The average molecular weight is 243 g/mol. The summed E-state index contributed by atoms with van der Waals surface area (Å²) in [5.41, 5.74) is 0.366. The Kier molecular flexibility index (Phi) is 5.21. The van der Waals surface area contributed by atoms with Gasteiger partial charge in [-0.05, 0) is 19.1 Å². The highest BCUT2D eigenvalue weighted by molar-refractivity contribution is 5.97. The second-order valence-corrected chi connectivity index (χ2v) is 3.41. The van der Waals surface area contributed by atoms with Crippen LogP contribution in [0.1, 0.15) is 17.3 Å². The van der Waals surface area contributed by atoms with E-state index in [9.17, 15) is 4.79 Å². The summed E-state index contributed by atoms with van der Waals surface area (Å²) in [6, 6.07) is 10.5. The van der Waals surface area contributed by atoms with E-state index in [1.54, 1.807) is 24.3 Å². The van der Waals surface area contributed by atoms with E-state index >= 15 is 0 Å². The number of rotatable bonds is 5. The van der Waals surface area contributed by atoms with Crippen molar-refractivity contribution in [1.82, 2.24) is 4.90 Å². The maximum atomic E-state index is 12.2. The van der Waals surface area contributed by atoms with Crippen LogP contribution in [-0.4, -0.2) is 30.5 Å². The molecular formula is C13H13N3O2. The Morgan fingerprint density at radius 3 is 2.44 bits per heavy atom. The highest BCUT2D eigenvalue weighted by Gasteiger charge is 2.18. The summed E-state index contributed by atoms with van der Waals surface area (Å²) in [7, 11) is 0. The fraction of sp³-hybridized carbons (Fsp3) is 0.308. The predicted molar refractivity (Wildman–Crippen MR) is 64.7 cm³/mol. The lowest BCUT2D eigenvalue weighted by atomic mass is 10.1. The Hall–Kier alpha value is -2.53. The molecule has 1 amide bonds. The van der Waals surface area contributed by atoms with Crippen molar-refractivity contribution in [1.29, 1.82) is 10.5 Å². The third kappa shape index (κ3) is 3.23. The number of nitrogens with zero attached hydrogens (tertiary/aromatic N) is 3. The van der Waals surface area contributed by atoms with Crippen LogP contribution in [0.15, 0.2) is 24.3 Å². The van der Waals surface area contributed by atoms with Gasteiger partial charge in [-0.1, -0.05) is 12.1 Å². The van der Waals surface area contributed by atoms with Crippen LogP contribution in [0.4, 0.5) is 0 Å². The molecule has 0 saturated heterocycles. The van der Waals surface area contributed by atoms with Crippen molar-refractivity contribution in [2.45, 2.75) is 6.92 Å². The zero-order valence-electron chi connectivity index (χ0n) is 10.1. The van der Waals surface area contributed by atoms with Crippen molar-refractivity contribution in [2.75, 3.05) is 19.7 Å². The van der Waals surface area contributed by atoms with Crippen molar-refractivity contribution in [3.63, 3.8) is 0 Å². The Morgan fingerprint density at radius 2 is 1.89 bits per heavy atom. The molecule has 92 valence electrons. The molecule has 0 aromatic heterocycles. The van der Waals surface area contributed by atoms with Gasteiger partial charge in [-0.15, -0.1) is 0 Å². The van der Waals surface area contributed by atoms with Gasteiger partial charge in [0, 0.05) is 0 Å². The van der Waals surface area contributed by atoms with Crippen LogP contribution in [0.5, 0.6) is 5.75 Å². The smallest absolute Gasteiger partial charge is 0.259 e. The van der Waals surface area contributed by atoms with E-state index in [1.807, 2.05) is 19.1 Å². The van der Waals surface area contributed by atoms with Gasteiger partial charge in [-0.2, -0.15) is 10.5 Å². The van der Waals surface area contributed by atoms with Crippen molar-refractivity contribution < 1.29 is 9.53 Å². The summed E-state index contributed by atoms with van der Waals surface area (Å²) >= 11 is 0. The summed E-state index contributed by atoms with van der Waals surface area (Å²) in [5, 5.41) is 17.3. The Balaban J connectivity index is 3.01. The lowest BCUT2D eigenvalue weighted by molar-refractivity contribution is 0.0790. The molecule has 1 aromatic carbocycles. The van der Waals surface area contributed by atoms with Crippen LogP contribution >= 0.6 is 0 Å². The molecule has 18 heavy (non-hydrogen) atoms. The number of hydrogen-bond donors (Lipinski definition) is 0. The maximum absolute atomic E-state index is 12.2. The average Bonchev–Trinajstić information content (AvgIpc) is 2.39. The maximum Gasteiger partial charge on any atom is 0.259 e. The van der Waals surface area contributed by atoms with Crippen LogP contribution in [0.3, 0.4) is 0 Å². The fourth-order valence-electron chi connectivity index (χ4n) is 1.47. The highest BCUT2D eigenvalue weighted by Crippen LogP contribution is 2.19. The number of benzene rings is 1. The molecule has 0 aliphatic carbocycles. The van der Waals surface area contributed by atoms with Gasteiger partial charge in [0.25, 0.3) is 5.91 Å². The first-order valence-electron chi connectivity index (χ1n) is 5.49. The van der Waals surface area contributed by atoms with Crippen molar-refractivity contribution in [3.05, 3.63) is 29.8 Å². The Bertz CT molecular complexity index is 484. The molecule has 0 aliphatic rings. The van der Waals surface area contributed by atoms with Crippen LogP contribution in [-0.2, 0) is 0 Å². The largest absolute Gasteiger partial charge is 0.493 e. The lowest BCUT2D eigenvalue weighted by Gasteiger charge is -2.17. The van der Waals surface area contributed by atoms with Crippen LogP contribution < -0.4 is 4.74 Å². The zero-order chi connectivity index (χ0) is 13.4.